The highest BCUT2D eigenvalue weighted by Crippen LogP contribution is 2.19. The summed E-state index contributed by atoms with van der Waals surface area (Å²) in [6.45, 7) is 0.375. The van der Waals surface area contributed by atoms with Crippen molar-refractivity contribution in [3.8, 4) is 17.1 Å². The van der Waals surface area contributed by atoms with E-state index in [9.17, 15) is 9.18 Å². The average molecular weight is 369 g/mol. The molecule has 1 heterocycles. The molecule has 0 saturated heterocycles. The molecule has 0 saturated carbocycles. The Labute approximate surface area is 156 Å². The van der Waals surface area contributed by atoms with Crippen LogP contribution in [0.25, 0.3) is 11.4 Å². The fourth-order valence-electron chi connectivity index (χ4n) is 2.56. The summed E-state index contributed by atoms with van der Waals surface area (Å²) in [5, 5.41) is 6.60. The number of rotatable bonds is 8. The van der Waals surface area contributed by atoms with Crippen LogP contribution in [0.1, 0.15) is 17.9 Å². The highest BCUT2D eigenvalue weighted by atomic mass is 19.1. The van der Waals surface area contributed by atoms with E-state index >= 15 is 0 Å². The molecule has 7 heteroatoms. The van der Waals surface area contributed by atoms with Crippen LogP contribution in [0.5, 0.6) is 5.75 Å². The first-order chi connectivity index (χ1) is 13.2. The van der Waals surface area contributed by atoms with Gasteiger partial charge in [-0.25, -0.2) is 4.39 Å². The molecule has 0 aliphatic carbocycles. The summed E-state index contributed by atoms with van der Waals surface area (Å²) in [5.41, 5.74) is 1.36. The van der Waals surface area contributed by atoms with E-state index in [1.807, 2.05) is 24.3 Å². The Morgan fingerprint density at radius 1 is 1.15 bits per heavy atom. The Balaban J connectivity index is 1.43. The van der Waals surface area contributed by atoms with Gasteiger partial charge in [-0.15, -0.1) is 0 Å². The molecule has 0 radical (unpaired) electrons. The normalized spacial score (nSPS) is 10.6. The van der Waals surface area contributed by atoms with Crippen LogP contribution >= 0.6 is 0 Å². The lowest BCUT2D eigenvalue weighted by Crippen LogP contribution is -2.25. The molecular weight excluding hydrogens is 349 g/mol. The summed E-state index contributed by atoms with van der Waals surface area (Å²) < 4.78 is 23.9. The van der Waals surface area contributed by atoms with Gasteiger partial charge in [0.25, 0.3) is 0 Å². The van der Waals surface area contributed by atoms with Crippen molar-refractivity contribution < 1.29 is 18.4 Å². The molecule has 140 valence electrons. The molecule has 1 amide bonds. The maximum Gasteiger partial charge on any atom is 0.228 e. The van der Waals surface area contributed by atoms with Crippen LogP contribution in [0.4, 0.5) is 4.39 Å². The standard InChI is InChI=1S/C20H20FN3O3/c1-26-15-9-6-14(7-10-15)8-11-18(25)22-13-12-19-23-20(24-27-19)16-4-2-3-5-17(16)21/h2-7,9-10H,8,11-13H2,1H3,(H,22,25). The zero-order valence-electron chi connectivity index (χ0n) is 14.9. The molecule has 0 spiro atoms. The number of methoxy groups -OCH3 is 1. The maximum atomic E-state index is 13.7. The van der Waals surface area contributed by atoms with Crippen molar-refractivity contribution in [2.45, 2.75) is 19.3 Å². The van der Waals surface area contributed by atoms with Crippen molar-refractivity contribution in [2.75, 3.05) is 13.7 Å². The summed E-state index contributed by atoms with van der Waals surface area (Å²) in [5.74, 6) is 0.881. The molecule has 0 aliphatic rings. The molecule has 1 aromatic heterocycles. The molecule has 0 bridgehead atoms. The van der Waals surface area contributed by atoms with Crippen molar-refractivity contribution in [2.24, 2.45) is 0 Å². The van der Waals surface area contributed by atoms with E-state index in [0.29, 0.717) is 31.7 Å². The van der Waals surface area contributed by atoms with Crippen LogP contribution in [-0.2, 0) is 17.6 Å². The number of aryl methyl sites for hydroxylation is 1. The van der Waals surface area contributed by atoms with Gasteiger partial charge in [0.2, 0.25) is 17.6 Å². The molecule has 3 aromatic rings. The zero-order valence-corrected chi connectivity index (χ0v) is 14.9. The number of ether oxygens (including phenoxy) is 1. The number of amides is 1. The summed E-state index contributed by atoms with van der Waals surface area (Å²) >= 11 is 0. The summed E-state index contributed by atoms with van der Waals surface area (Å²) in [7, 11) is 1.62. The number of hydrogen-bond acceptors (Lipinski definition) is 5. The summed E-state index contributed by atoms with van der Waals surface area (Å²) in [6, 6.07) is 13.9. The van der Waals surface area contributed by atoms with E-state index in [0.717, 1.165) is 11.3 Å². The predicted octanol–water partition coefficient (Wildman–Crippen LogP) is 3.18. The van der Waals surface area contributed by atoms with E-state index in [2.05, 4.69) is 15.5 Å². The van der Waals surface area contributed by atoms with E-state index in [1.54, 1.807) is 25.3 Å². The number of carbonyl (C=O) groups is 1. The number of benzene rings is 2. The second kappa shape index (κ2) is 8.93. The number of nitrogens with zero attached hydrogens (tertiary/aromatic N) is 2. The van der Waals surface area contributed by atoms with E-state index in [4.69, 9.17) is 9.26 Å². The van der Waals surface area contributed by atoms with Gasteiger partial charge in [-0.2, -0.15) is 4.98 Å². The summed E-state index contributed by atoms with van der Waals surface area (Å²) in [4.78, 5) is 16.1. The molecule has 6 nitrogen and oxygen atoms in total. The highest BCUT2D eigenvalue weighted by molar-refractivity contribution is 5.76. The van der Waals surface area contributed by atoms with Crippen LogP contribution in [0, 0.1) is 5.82 Å². The van der Waals surface area contributed by atoms with Crippen molar-refractivity contribution in [3.05, 3.63) is 65.8 Å². The predicted molar refractivity (Wildman–Crippen MR) is 97.7 cm³/mol. The average Bonchev–Trinajstić information content (AvgIpc) is 3.16. The smallest absolute Gasteiger partial charge is 0.228 e. The van der Waals surface area contributed by atoms with Crippen LogP contribution in [0.15, 0.2) is 53.1 Å². The van der Waals surface area contributed by atoms with E-state index < -0.39 is 5.82 Å². The molecule has 1 N–H and O–H groups in total. The van der Waals surface area contributed by atoms with Crippen LogP contribution < -0.4 is 10.1 Å². The number of nitrogens with one attached hydrogen (secondary N) is 1. The van der Waals surface area contributed by atoms with Crippen LogP contribution in [0.2, 0.25) is 0 Å². The SMILES string of the molecule is COc1ccc(CCC(=O)NCCc2nc(-c3ccccc3F)no2)cc1. The van der Waals surface area contributed by atoms with Crippen LogP contribution in [0.3, 0.4) is 0 Å². The fourth-order valence-corrected chi connectivity index (χ4v) is 2.56. The van der Waals surface area contributed by atoms with E-state index in [-0.39, 0.29) is 17.3 Å². The topological polar surface area (TPSA) is 77.2 Å². The first-order valence-electron chi connectivity index (χ1n) is 8.63. The van der Waals surface area contributed by atoms with Gasteiger partial charge in [0.05, 0.1) is 12.7 Å². The molecule has 0 fully saturated rings. The lowest BCUT2D eigenvalue weighted by atomic mass is 10.1. The molecule has 0 unspecified atom stereocenters. The number of halogens is 1. The van der Waals surface area contributed by atoms with Gasteiger partial charge in [0, 0.05) is 19.4 Å². The largest absolute Gasteiger partial charge is 0.497 e. The van der Waals surface area contributed by atoms with Crippen molar-refractivity contribution in [1.82, 2.24) is 15.5 Å². The minimum Gasteiger partial charge on any atom is -0.497 e. The van der Waals surface area contributed by atoms with E-state index in [1.165, 1.54) is 6.07 Å². The number of aromatic nitrogens is 2. The molecular formula is C20H20FN3O3. The van der Waals surface area contributed by atoms with Gasteiger partial charge >= 0.3 is 0 Å². The third-order valence-electron chi connectivity index (χ3n) is 4.04. The Morgan fingerprint density at radius 2 is 1.93 bits per heavy atom. The Morgan fingerprint density at radius 3 is 2.67 bits per heavy atom. The van der Waals surface area contributed by atoms with Gasteiger partial charge in [0.1, 0.15) is 11.6 Å². The second-order valence-corrected chi connectivity index (χ2v) is 5.94. The molecule has 3 rings (SSSR count). The number of carbonyl (C=O) groups excluding carboxylic acids is 1. The van der Waals surface area contributed by atoms with Crippen LogP contribution in [-0.4, -0.2) is 29.7 Å². The summed E-state index contributed by atoms with van der Waals surface area (Å²) in [6.07, 6.45) is 1.42. The molecule has 27 heavy (non-hydrogen) atoms. The van der Waals surface area contributed by atoms with Gasteiger partial charge in [-0.1, -0.05) is 29.4 Å². The van der Waals surface area contributed by atoms with Crippen molar-refractivity contribution >= 4 is 5.91 Å². The lowest BCUT2D eigenvalue weighted by molar-refractivity contribution is -0.121. The first kappa shape index (κ1) is 18.6. The Kier molecular flexibility index (Phi) is 6.14. The molecule has 0 aliphatic heterocycles. The monoisotopic (exact) mass is 369 g/mol. The Hall–Kier alpha value is -3.22. The molecule has 0 atom stereocenters. The van der Waals surface area contributed by atoms with Crippen molar-refractivity contribution in [3.63, 3.8) is 0 Å². The highest BCUT2D eigenvalue weighted by Gasteiger charge is 2.12. The third-order valence-corrected chi connectivity index (χ3v) is 4.04. The minimum absolute atomic E-state index is 0.0559. The fraction of sp³-hybridized carbons (Fsp3) is 0.250. The number of hydrogen-bond donors (Lipinski definition) is 1. The third kappa shape index (κ3) is 5.13. The molecule has 2 aromatic carbocycles. The quantitative estimate of drug-likeness (QED) is 0.660. The minimum atomic E-state index is -0.406. The van der Waals surface area contributed by atoms with Gasteiger partial charge < -0.3 is 14.6 Å². The van der Waals surface area contributed by atoms with Crippen molar-refractivity contribution in [1.29, 1.82) is 0 Å². The van der Waals surface area contributed by atoms with Gasteiger partial charge in [-0.3, -0.25) is 4.79 Å². The first-order valence-corrected chi connectivity index (χ1v) is 8.63. The Bertz CT molecular complexity index is 893. The zero-order chi connectivity index (χ0) is 19.1. The lowest BCUT2D eigenvalue weighted by Gasteiger charge is -2.05. The maximum absolute atomic E-state index is 13.7. The van der Waals surface area contributed by atoms with Gasteiger partial charge in [0.15, 0.2) is 0 Å². The second-order valence-electron chi connectivity index (χ2n) is 5.94. The van der Waals surface area contributed by atoms with Gasteiger partial charge in [-0.05, 0) is 36.2 Å².